The van der Waals surface area contributed by atoms with Gasteiger partial charge in [0.15, 0.2) is 0 Å². The number of nitro benzene ring substituents is 1. The van der Waals surface area contributed by atoms with Gasteiger partial charge in [-0.2, -0.15) is 0 Å². The monoisotopic (exact) mass is 341 g/mol. The number of ether oxygens (including phenoxy) is 2. The number of non-ortho nitro benzene ring substituents is 1. The molecule has 2 atom stereocenters. The molecule has 1 saturated heterocycles. The van der Waals surface area contributed by atoms with Crippen molar-refractivity contribution in [2.75, 3.05) is 0 Å². The lowest BCUT2D eigenvalue weighted by atomic mass is 9.91. The predicted octanol–water partition coefficient (Wildman–Crippen LogP) is 3.90. The van der Waals surface area contributed by atoms with E-state index >= 15 is 0 Å². The van der Waals surface area contributed by atoms with Crippen LogP contribution in [0, 0.1) is 10.1 Å². The minimum atomic E-state index is -1.27. The fourth-order valence-electron chi connectivity index (χ4n) is 2.76. The molecular weight excluding hydrogens is 322 g/mol. The van der Waals surface area contributed by atoms with Gasteiger partial charge in [0.2, 0.25) is 5.60 Å². The molecule has 6 nitrogen and oxygen atoms in total. The molecule has 1 aliphatic heterocycles. The molecule has 25 heavy (non-hydrogen) atoms. The largest absolute Gasteiger partial charge is 0.457 e. The lowest BCUT2D eigenvalue weighted by Crippen LogP contribution is -2.33. The summed E-state index contributed by atoms with van der Waals surface area (Å²) in [6.45, 7) is 5.36. The Kier molecular flexibility index (Phi) is 4.08. The summed E-state index contributed by atoms with van der Waals surface area (Å²) in [5.74, 6) is -0.497. The van der Waals surface area contributed by atoms with Crippen molar-refractivity contribution in [2.45, 2.75) is 38.1 Å². The van der Waals surface area contributed by atoms with Gasteiger partial charge in [0.25, 0.3) is 5.69 Å². The van der Waals surface area contributed by atoms with Crippen LogP contribution in [0.1, 0.15) is 38.0 Å². The van der Waals surface area contributed by atoms with Gasteiger partial charge < -0.3 is 9.47 Å². The number of hydrogen-bond acceptors (Lipinski definition) is 5. The van der Waals surface area contributed by atoms with Crippen LogP contribution < -0.4 is 0 Å². The first-order chi connectivity index (χ1) is 11.7. The number of nitro groups is 1. The molecule has 1 fully saturated rings. The minimum Gasteiger partial charge on any atom is -0.457 e. The van der Waals surface area contributed by atoms with E-state index in [1.54, 1.807) is 32.9 Å². The zero-order valence-corrected chi connectivity index (χ0v) is 14.3. The first-order valence-electron chi connectivity index (χ1n) is 7.95. The summed E-state index contributed by atoms with van der Waals surface area (Å²) in [4.78, 5) is 23.3. The lowest BCUT2D eigenvalue weighted by molar-refractivity contribution is -0.384. The fraction of sp³-hybridized carbons (Fsp3) is 0.316. The van der Waals surface area contributed by atoms with Crippen LogP contribution in [0.15, 0.2) is 54.6 Å². The van der Waals surface area contributed by atoms with Crippen molar-refractivity contribution >= 4 is 11.7 Å². The van der Waals surface area contributed by atoms with Gasteiger partial charge in [-0.1, -0.05) is 30.3 Å². The van der Waals surface area contributed by atoms with Crippen molar-refractivity contribution < 1.29 is 19.2 Å². The number of benzene rings is 2. The highest BCUT2D eigenvalue weighted by Gasteiger charge is 2.66. The maximum atomic E-state index is 12.9. The maximum Gasteiger partial charge on any atom is 0.346 e. The van der Waals surface area contributed by atoms with Gasteiger partial charge in [0.1, 0.15) is 11.7 Å². The summed E-state index contributed by atoms with van der Waals surface area (Å²) in [7, 11) is 0. The molecule has 3 rings (SSSR count). The molecule has 0 bridgehead atoms. The van der Waals surface area contributed by atoms with Gasteiger partial charge in [0, 0.05) is 12.1 Å². The number of carbonyl (C=O) groups excluding carboxylic acids is 1. The van der Waals surface area contributed by atoms with Gasteiger partial charge in [-0.05, 0) is 44.0 Å². The number of carbonyl (C=O) groups is 1. The van der Waals surface area contributed by atoms with Gasteiger partial charge >= 0.3 is 5.97 Å². The van der Waals surface area contributed by atoms with E-state index in [4.69, 9.17) is 9.47 Å². The van der Waals surface area contributed by atoms with Crippen molar-refractivity contribution in [3.63, 3.8) is 0 Å². The zero-order chi connectivity index (χ0) is 18.2. The molecule has 0 amide bonds. The zero-order valence-electron chi connectivity index (χ0n) is 14.3. The Labute approximate surface area is 145 Å². The van der Waals surface area contributed by atoms with Gasteiger partial charge in [-0.25, -0.2) is 4.79 Å². The molecule has 1 aliphatic rings. The minimum absolute atomic E-state index is 0.0417. The third kappa shape index (κ3) is 3.25. The van der Waals surface area contributed by atoms with Crippen LogP contribution in [0.25, 0.3) is 0 Å². The Bertz CT molecular complexity index is 795. The molecule has 2 aromatic carbocycles. The molecule has 0 N–H and O–H groups in total. The summed E-state index contributed by atoms with van der Waals surface area (Å²) >= 11 is 0. The molecule has 0 aliphatic carbocycles. The van der Waals surface area contributed by atoms with E-state index in [1.165, 1.54) is 12.1 Å². The highest BCUT2D eigenvalue weighted by molar-refractivity contribution is 5.86. The van der Waals surface area contributed by atoms with E-state index in [2.05, 4.69) is 0 Å². The van der Waals surface area contributed by atoms with Crippen molar-refractivity contribution in [2.24, 2.45) is 0 Å². The number of rotatable bonds is 4. The average molecular weight is 341 g/mol. The number of esters is 1. The Morgan fingerprint density at radius 3 is 2.24 bits per heavy atom. The molecule has 0 radical (unpaired) electrons. The van der Waals surface area contributed by atoms with Gasteiger partial charge in [0.05, 0.1) is 4.92 Å². The summed E-state index contributed by atoms with van der Waals surface area (Å²) in [6, 6.07) is 15.2. The Morgan fingerprint density at radius 1 is 1.12 bits per heavy atom. The SMILES string of the molecule is CC(C)(C)OC(=O)C1(c2ccc([N+](=O)[O-])cc2)OC1c1ccccc1. The first-order valence-corrected chi connectivity index (χ1v) is 7.95. The van der Waals surface area contributed by atoms with Gasteiger partial charge in [-0.3, -0.25) is 10.1 Å². The summed E-state index contributed by atoms with van der Waals surface area (Å²) in [5.41, 5.74) is -0.588. The van der Waals surface area contributed by atoms with Crippen molar-refractivity contribution in [1.29, 1.82) is 0 Å². The molecule has 2 unspecified atom stereocenters. The summed E-state index contributed by atoms with van der Waals surface area (Å²) in [5, 5.41) is 10.9. The quantitative estimate of drug-likeness (QED) is 0.364. The predicted molar refractivity (Wildman–Crippen MR) is 90.9 cm³/mol. The highest BCUT2D eigenvalue weighted by atomic mass is 16.7. The number of epoxide rings is 1. The highest BCUT2D eigenvalue weighted by Crippen LogP contribution is 2.58. The van der Waals surface area contributed by atoms with E-state index in [0.29, 0.717) is 5.56 Å². The Morgan fingerprint density at radius 2 is 1.72 bits per heavy atom. The Balaban J connectivity index is 1.99. The lowest BCUT2D eigenvalue weighted by Gasteiger charge is -2.23. The second-order valence-corrected chi connectivity index (χ2v) is 6.95. The smallest absolute Gasteiger partial charge is 0.346 e. The normalized spacial score (nSPS) is 22.3. The number of hydrogen-bond donors (Lipinski definition) is 0. The number of nitrogens with zero attached hydrogens (tertiary/aromatic N) is 1. The standard InChI is InChI=1S/C19H19NO5/c1-18(2,3)25-17(21)19(14-9-11-15(12-10-14)20(22)23)16(24-19)13-7-5-4-6-8-13/h4-12,16H,1-3H3. The van der Waals surface area contributed by atoms with Crippen LogP contribution in [0.5, 0.6) is 0 Å². The van der Waals surface area contributed by atoms with Crippen LogP contribution in [0.4, 0.5) is 5.69 Å². The van der Waals surface area contributed by atoms with Gasteiger partial charge in [-0.15, -0.1) is 0 Å². The molecule has 0 aromatic heterocycles. The first kappa shape index (κ1) is 17.1. The van der Waals surface area contributed by atoms with Crippen molar-refractivity contribution in [3.8, 4) is 0 Å². The van der Waals surface area contributed by atoms with E-state index in [0.717, 1.165) is 5.56 Å². The van der Waals surface area contributed by atoms with Crippen LogP contribution in [-0.2, 0) is 19.9 Å². The van der Waals surface area contributed by atoms with E-state index in [1.807, 2.05) is 30.3 Å². The van der Waals surface area contributed by atoms with Crippen LogP contribution >= 0.6 is 0 Å². The molecule has 0 saturated carbocycles. The molecule has 0 spiro atoms. The van der Waals surface area contributed by atoms with Crippen molar-refractivity contribution in [1.82, 2.24) is 0 Å². The van der Waals surface area contributed by atoms with Crippen LogP contribution in [0.2, 0.25) is 0 Å². The molecule has 2 aromatic rings. The van der Waals surface area contributed by atoms with E-state index < -0.39 is 28.2 Å². The van der Waals surface area contributed by atoms with Crippen LogP contribution in [0.3, 0.4) is 0 Å². The Hall–Kier alpha value is -2.73. The molecule has 1 heterocycles. The third-order valence-corrected chi connectivity index (χ3v) is 3.93. The maximum absolute atomic E-state index is 12.9. The summed E-state index contributed by atoms with van der Waals surface area (Å²) in [6.07, 6.45) is -0.481. The molecular formula is C19H19NO5. The van der Waals surface area contributed by atoms with Crippen molar-refractivity contribution in [3.05, 3.63) is 75.8 Å². The second-order valence-electron chi connectivity index (χ2n) is 6.95. The summed E-state index contributed by atoms with van der Waals surface area (Å²) < 4.78 is 11.4. The van der Waals surface area contributed by atoms with Crippen LogP contribution in [-0.4, -0.2) is 16.5 Å². The average Bonchev–Trinajstić information content (AvgIpc) is 3.31. The second kappa shape index (κ2) is 5.97. The van der Waals surface area contributed by atoms with E-state index in [9.17, 15) is 14.9 Å². The third-order valence-electron chi connectivity index (χ3n) is 3.93. The fourth-order valence-corrected chi connectivity index (χ4v) is 2.76. The molecule has 130 valence electrons. The molecule has 6 heteroatoms. The topological polar surface area (TPSA) is 82.0 Å². The van der Waals surface area contributed by atoms with E-state index in [-0.39, 0.29) is 5.69 Å².